The Hall–Kier alpha value is -3.11. The van der Waals surface area contributed by atoms with Crippen LogP contribution in [0.3, 0.4) is 0 Å². The van der Waals surface area contributed by atoms with E-state index in [1.807, 2.05) is 20.8 Å². The third-order valence-electron chi connectivity index (χ3n) is 4.71. The summed E-state index contributed by atoms with van der Waals surface area (Å²) >= 11 is 0. The van der Waals surface area contributed by atoms with E-state index in [1.54, 1.807) is 42.5 Å². The van der Waals surface area contributed by atoms with Crippen LogP contribution in [-0.4, -0.2) is 52.4 Å². The van der Waals surface area contributed by atoms with Gasteiger partial charge in [0.1, 0.15) is 17.4 Å². The molecule has 0 bridgehead atoms. The molecule has 2 rings (SSSR count). The molecule has 192 valence electrons. The number of rotatable bonds is 12. The summed E-state index contributed by atoms with van der Waals surface area (Å²) in [5.41, 5.74) is 0.215. The average Bonchev–Trinajstić information content (AvgIpc) is 2.80. The Labute approximate surface area is 207 Å². The van der Waals surface area contributed by atoms with Gasteiger partial charge in [-0.2, -0.15) is 4.72 Å². The van der Waals surface area contributed by atoms with Crippen LogP contribution < -0.4 is 14.8 Å². The van der Waals surface area contributed by atoms with Gasteiger partial charge in [-0.25, -0.2) is 13.2 Å². The molecule has 35 heavy (non-hydrogen) atoms. The highest BCUT2D eigenvalue weighted by Gasteiger charge is 2.26. The second-order valence-electron chi connectivity index (χ2n) is 8.84. The van der Waals surface area contributed by atoms with E-state index < -0.39 is 33.7 Å². The molecular formula is C25H34N2O7S. The van der Waals surface area contributed by atoms with Crippen molar-refractivity contribution >= 4 is 22.1 Å². The number of sulfonamides is 1. The lowest BCUT2D eigenvalue weighted by atomic mass is 10.1. The molecule has 0 heterocycles. The van der Waals surface area contributed by atoms with Crippen LogP contribution in [0.2, 0.25) is 0 Å². The first-order valence-electron chi connectivity index (χ1n) is 11.3. The number of hydrogen-bond donors (Lipinski definition) is 2. The van der Waals surface area contributed by atoms with Gasteiger partial charge in [-0.1, -0.05) is 30.3 Å². The minimum Gasteiger partial charge on any atom is -0.494 e. The summed E-state index contributed by atoms with van der Waals surface area (Å²) in [4.78, 5) is 23.9. The molecule has 0 spiro atoms. The highest BCUT2D eigenvalue weighted by Crippen LogP contribution is 2.16. The van der Waals surface area contributed by atoms with E-state index in [1.165, 1.54) is 19.2 Å². The van der Waals surface area contributed by atoms with Crippen molar-refractivity contribution < 1.29 is 32.2 Å². The fraction of sp³-hybridized carbons (Fsp3) is 0.440. The molecule has 2 N–H and O–H groups in total. The number of methoxy groups -OCH3 is 1. The summed E-state index contributed by atoms with van der Waals surface area (Å²) in [6, 6.07) is 13.8. The molecule has 2 aromatic rings. The molecule has 10 heteroatoms. The molecule has 0 radical (unpaired) electrons. The predicted octanol–water partition coefficient (Wildman–Crippen LogP) is 3.43. The van der Waals surface area contributed by atoms with Crippen LogP contribution >= 0.6 is 0 Å². The summed E-state index contributed by atoms with van der Waals surface area (Å²) in [6.07, 6.45) is 1.16. The van der Waals surface area contributed by atoms with Crippen LogP contribution in [0.15, 0.2) is 59.5 Å². The standard InChI is InChI=1S/C25H34N2O7S/c1-25(2,3)34-24(29)26-16-8-9-17-33-20-14-12-19(13-15-20)18-22(23(28)32-4)27-35(30,31)21-10-6-5-7-11-21/h5-7,10-15,22,27H,8-9,16-18H2,1-4H3,(H,26,29)/t22-/m0/s1. The molecular weight excluding hydrogens is 472 g/mol. The molecule has 0 aliphatic heterocycles. The Morgan fingerprint density at radius 1 is 0.971 bits per heavy atom. The van der Waals surface area contributed by atoms with E-state index >= 15 is 0 Å². The number of carbonyl (C=O) groups is 2. The lowest BCUT2D eigenvalue weighted by molar-refractivity contribution is -0.142. The van der Waals surface area contributed by atoms with Crippen molar-refractivity contribution in [1.82, 2.24) is 10.0 Å². The van der Waals surface area contributed by atoms with Gasteiger partial charge in [-0.15, -0.1) is 0 Å². The van der Waals surface area contributed by atoms with Gasteiger partial charge in [-0.05, 0) is 69.9 Å². The van der Waals surface area contributed by atoms with Crippen LogP contribution in [0.4, 0.5) is 4.79 Å². The lowest BCUT2D eigenvalue weighted by Gasteiger charge is -2.19. The quantitative estimate of drug-likeness (QED) is 0.334. The minimum absolute atomic E-state index is 0.0685. The van der Waals surface area contributed by atoms with Crippen molar-refractivity contribution in [1.29, 1.82) is 0 Å². The summed E-state index contributed by atoms with van der Waals surface area (Å²) < 4.78 is 43.4. The fourth-order valence-corrected chi connectivity index (χ4v) is 4.26. The van der Waals surface area contributed by atoms with E-state index in [9.17, 15) is 18.0 Å². The van der Waals surface area contributed by atoms with E-state index in [-0.39, 0.29) is 11.3 Å². The summed E-state index contributed by atoms with van der Waals surface area (Å²) in [7, 11) is -2.67. The maximum atomic E-state index is 12.6. The first-order valence-corrected chi connectivity index (χ1v) is 12.8. The van der Waals surface area contributed by atoms with Crippen molar-refractivity contribution in [3.63, 3.8) is 0 Å². The number of nitrogens with one attached hydrogen (secondary N) is 2. The normalized spacial score (nSPS) is 12.5. The molecule has 9 nitrogen and oxygen atoms in total. The molecule has 0 aliphatic rings. The highest BCUT2D eigenvalue weighted by molar-refractivity contribution is 7.89. The van der Waals surface area contributed by atoms with E-state index in [2.05, 4.69) is 10.0 Å². The monoisotopic (exact) mass is 506 g/mol. The van der Waals surface area contributed by atoms with E-state index in [0.717, 1.165) is 18.4 Å². The van der Waals surface area contributed by atoms with Crippen LogP contribution in [0.25, 0.3) is 0 Å². The smallest absolute Gasteiger partial charge is 0.407 e. The van der Waals surface area contributed by atoms with Crippen molar-refractivity contribution in [2.75, 3.05) is 20.3 Å². The largest absolute Gasteiger partial charge is 0.494 e. The van der Waals surface area contributed by atoms with Gasteiger partial charge in [0.25, 0.3) is 0 Å². The molecule has 1 atom stereocenters. The highest BCUT2D eigenvalue weighted by atomic mass is 32.2. The average molecular weight is 507 g/mol. The zero-order valence-electron chi connectivity index (χ0n) is 20.6. The number of hydrogen-bond acceptors (Lipinski definition) is 7. The first kappa shape index (κ1) is 28.1. The topological polar surface area (TPSA) is 120 Å². The number of alkyl carbamates (subject to hydrolysis) is 1. The van der Waals surface area contributed by atoms with Crippen molar-refractivity contribution in [3.05, 3.63) is 60.2 Å². The van der Waals surface area contributed by atoms with Gasteiger partial charge in [0.2, 0.25) is 10.0 Å². The Morgan fingerprint density at radius 3 is 2.23 bits per heavy atom. The number of esters is 1. The number of unbranched alkanes of at least 4 members (excludes halogenated alkanes) is 1. The second-order valence-corrected chi connectivity index (χ2v) is 10.6. The number of ether oxygens (including phenoxy) is 3. The fourth-order valence-electron chi connectivity index (χ4n) is 3.05. The minimum atomic E-state index is -3.89. The third-order valence-corrected chi connectivity index (χ3v) is 6.20. The molecule has 2 aromatic carbocycles. The Kier molecular flexibility index (Phi) is 10.5. The van der Waals surface area contributed by atoms with Crippen LogP contribution in [-0.2, 0) is 30.7 Å². The Balaban J connectivity index is 1.82. The number of benzene rings is 2. The zero-order valence-corrected chi connectivity index (χ0v) is 21.4. The second kappa shape index (κ2) is 13.1. The van der Waals surface area contributed by atoms with Crippen LogP contribution in [0.1, 0.15) is 39.2 Å². The predicted molar refractivity (Wildman–Crippen MR) is 132 cm³/mol. The number of carbonyl (C=O) groups excluding carboxylic acids is 2. The molecule has 0 saturated heterocycles. The van der Waals surface area contributed by atoms with Gasteiger partial charge < -0.3 is 19.5 Å². The lowest BCUT2D eigenvalue weighted by Crippen LogP contribution is -2.42. The maximum Gasteiger partial charge on any atom is 0.407 e. The zero-order chi connectivity index (χ0) is 25.9. The van der Waals surface area contributed by atoms with Crippen LogP contribution in [0, 0.1) is 0 Å². The van der Waals surface area contributed by atoms with E-state index in [0.29, 0.717) is 18.9 Å². The Bertz CT molecular complexity index is 1050. The number of amides is 1. The Morgan fingerprint density at radius 2 is 1.63 bits per heavy atom. The summed E-state index contributed by atoms with van der Waals surface area (Å²) in [5.74, 6) is -0.0295. The molecule has 0 saturated carbocycles. The van der Waals surface area contributed by atoms with Crippen molar-refractivity contribution in [3.8, 4) is 5.75 Å². The van der Waals surface area contributed by atoms with E-state index in [4.69, 9.17) is 14.2 Å². The van der Waals surface area contributed by atoms with Crippen molar-refractivity contribution in [2.24, 2.45) is 0 Å². The van der Waals surface area contributed by atoms with Gasteiger partial charge in [0.15, 0.2) is 0 Å². The summed E-state index contributed by atoms with van der Waals surface area (Å²) in [6.45, 7) is 6.39. The van der Waals surface area contributed by atoms with Crippen LogP contribution in [0.5, 0.6) is 5.75 Å². The summed E-state index contributed by atoms with van der Waals surface area (Å²) in [5, 5.41) is 2.70. The molecule has 0 fully saturated rings. The molecule has 0 aromatic heterocycles. The molecule has 0 unspecified atom stereocenters. The van der Waals surface area contributed by atoms with Gasteiger partial charge >= 0.3 is 12.1 Å². The maximum absolute atomic E-state index is 12.6. The molecule has 1 amide bonds. The molecule has 0 aliphatic carbocycles. The van der Waals surface area contributed by atoms with Gasteiger partial charge in [0, 0.05) is 6.54 Å². The van der Waals surface area contributed by atoms with Gasteiger partial charge in [-0.3, -0.25) is 4.79 Å². The third kappa shape index (κ3) is 10.4. The first-order chi connectivity index (χ1) is 16.5. The van der Waals surface area contributed by atoms with Crippen molar-refractivity contribution in [2.45, 2.75) is 56.6 Å². The van der Waals surface area contributed by atoms with Gasteiger partial charge in [0.05, 0.1) is 18.6 Å². The SMILES string of the molecule is COC(=O)[C@H](Cc1ccc(OCCCCNC(=O)OC(C)(C)C)cc1)NS(=O)(=O)c1ccccc1.